The molecule has 21 heavy (non-hydrogen) atoms. The van der Waals surface area contributed by atoms with Crippen LogP contribution in [0.5, 0.6) is 0 Å². The molecule has 1 rings (SSSR count). The standard InChI is InChI=1S/C14H24BrN3O2S/c1-6-7-16-13-12(8-11(15)9-17-13)21(19,20)18-10(2)14(3,4)5/h8-10,18H,6-7H2,1-5H3,(H,16,17). The van der Waals surface area contributed by atoms with Gasteiger partial charge >= 0.3 is 0 Å². The number of sulfonamides is 1. The molecule has 2 N–H and O–H groups in total. The van der Waals surface area contributed by atoms with Crippen LogP contribution in [0.1, 0.15) is 41.0 Å². The Morgan fingerprint density at radius 3 is 2.52 bits per heavy atom. The molecule has 1 unspecified atom stereocenters. The van der Waals surface area contributed by atoms with Crippen LogP contribution in [0.25, 0.3) is 0 Å². The second kappa shape index (κ2) is 7.07. The highest BCUT2D eigenvalue weighted by atomic mass is 79.9. The molecule has 1 heterocycles. The van der Waals surface area contributed by atoms with E-state index in [0.29, 0.717) is 16.8 Å². The molecule has 0 spiro atoms. The van der Waals surface area contributed by atoms with E-state index in [0.717, 1.165) is 6.42 Å². The van der Waals surface area contributed by atoms with Crippen molar-refractivity contribution >= 4 is 31.8 Å². The number of nitrogens with one attached hydrogen (secondary N) is 2. The summed E-state index contributed by atoms with van der Waals surface area (Å²) in [6.07, 6.45) is 2.48. The summed E-state index contributed by atoms with van der Waals surface area (Å²) in [5.74, 6) is 0.383. The van der Waals surface area contributed by atoms with E-state index < -0.39 is 10.0 Å². The van der Waals surface area contributed by atoms with Crippen LogP contribution in [-0.2, 0) is 10.0 Å². The first-order valence-electron chi connectivity index (χ1n) is 6.99. The highest BCUT2D eigenvalue weighted by Crippen LogP contribution is 2.25. The Kier molecular flexibility index (Phi) is 6.19. The molecule has 0 aliphatic rings. The molecule has 1 atom stereocenters. The smallest absolute Gasteiger partial charge is 0.244 e. The summed E-state index contributed by atoms with van der Waals surface area (Å²) < 4.78 is 28.6. The maximum absolute atomic E-state index is 12.6. The molecule has 0 fully saturated rings. The lowest BCUT2D eigenvalue weighted by Gasteiger charge is -2.28. The number of halogens is 1. The zero-order valence-electron chi connectivity index (χ0n) is 13.2. The van der Waals surface area contributed by atoms with E-state index in [4.69, 9.17) is 0 Å². The molecule has 120 valence electrons. The lowest BCUT2D eigenvalue weighted by atomic mass is 9.89. The number of hydrogen-bond donors (Lipinski definition) is 2. The average Bonchev–Trinajstić information content (AvgIpc) is 2.35. The normalized spacial score (nSPS) is 14.0. The summed E-state index contributed by atoms with van der Waals surface area (Å²) >= 11 is 3.28. The average molecular weight is 378 g/mol. The van der Waals surface area contributed by atoms with E-state index in [1.165, 1.54) is 0 Å². The van der Waals surface area contributed by atoms with Crippen LogP contribution >= 0.6 is 15.9 Å². The van der Waals surface area contributed by atoms with Crippen molar-refractivity contribution in [3.05, 3.63) is 16.7 Å². The van der Waals surface area contributed by atoms with Crippen molar-refractivity contribution in [3.63, 3.8) is 0 Å². The molecule has 0 bridgehead atoms. The minimum Gasteiger partial charge on any atom is -0.369 e. The van der Waals surface area contributed by atoms with Gasteiger partial charge in [-0.3, -0.25) is 0 Å². The quantitative estimate of drug-likeness (QED) is 0.796. The zero-order chi connectivity index (χ0) is 16.3. The van der Waals surface area contributed by atoms with E-state index in [1.807, 2.05) is 34.6 Å². The Balaban J connectivity index is 3.15. The number of hydrogen-bond acceptors (Lipinski definition) is 4. The topological polar surface area (TPSA) is 71.1 Å². The minimum absolute atomic E-state index is 0.163. The summed E-state index contributed by atoms with van der Waals surface area (Å²) in [7, 11) is -3.63. The largest absolute Gasteiger partial charge is 0.369 e. The first-order valence-corrected chi connectivity index (χ1v) is 9.27. The second-order valence-corrected chi connectivity index (χ2v) is 8.73. The summed E-state index contributed by atoms with van der Waals surface area (Å²) in [6.45, 7) is 10.5. The van der Waals surface area contributed by atoms with E-state index in [1.54, 1.807) is 12.3 Å². The third kappa shape index (κ3) is 5.23. The third-order valence-electron chi connectivity index (χ3n) is 3.28. The predicted molar refractivity (Wildman–Crippen MR) is 90.0 cm³/mol. The van der Waals surface area contributed by atoms with Gasteiger partial charge in [0.1, 0.15) is 10.7 Å². The highest BCUT2D eigenvalue weighted by Gasteiger charge is 2.28. The number of anilines is 1. The second-order valence-electron chi connectivity index (χ2n) is 6.14. The van der Waals surface area contributed by atoms with Gasteiger partial charge in [0.25, 0.3) is 0 Å². The molecule has 1 aromatic rings. The summed E-state index contributed by atoms with van der Waals surface area (Å²) in [4.78, 5) is 4.34. The highest BCUT2D eigenvalue weighted by molar-refractivity contribution is 9.10. The summed E-state index contributed by atoms with van der Waals surface area (Å²) in [5, 5.41) is 3.06. The molecule has 5 nitrogen and oxygen atoms in total. The van der Waals surface area contributed by atoms with Crippen LogP contribution in [-0.4, -0.2) is 26.0 Å². The minimum atomic E-state index is -3.63. The van der Waals surface area contributed by atoms with Crippen LogP contribution in [0.4, 0.5) is 5.82 Å². The van der Waals surface area contributed by atoms with Crippen LogP contribution in [0, 0.1) is 5.41 Å². The van der Waals surface area contributed by atoms with Crippen LogP contribution < -0.4 is 10.0 Å². The Morgan fingerprint density at radius 2 is 2.00 bits per heavy atom. The van der Waals surface area contributed by atoms with Crippen LogP contribution in [0.15, 0.2) is 21.6 Å². The predicted octanol–water partition coefficient (Wildman–Crippen LogP) is 3.38. The van der Waals surface area contributed by atoms with Crippen LogP contribution in [0.2, 0.25) is 0 Å². The molecule has 0 amide bonds. The van der Waals surface area contributed by atoms with Gasteiger partial charge in [-0.05, 0) is 40.8 Å². The lowest BCUT2D eigenvalue weighted by Crippen LogP contribution is -2.41. The monoisotopic (exact) mass is 377 g/mol. The van der Waals surface area contributed by atoms with Gasteiger partial charge in [0.15, 0.2) is 0 Å². The van der Waals surface area contributed by atoms with Gasteiger partial charge < -0.3 is 5.32 Å². The fourth-order valence-electron chi connectivity index (χ4n) is 1.47. The molecular weight excluding hydrogens is 354 g/mol. The first kappa shape index (κ1) is 18.4. The van der Waals surface area contributed by atoms with Gasteiger partial charge in [0.05, 0.1) is 0 Å². The van der Waals surface area contributed by atoms with E-state index in [-0.39, 0.29) is 16.4 Å². The number of pyridine rings is 1. The Bertz CT molecular complexity index is 582. The van der Waals surface area contributed by atoms with Gasteiger partial charge in [0.2, 0.25) is 10.0 Å². The van der Waals surface area contributed by atoms with Crippen molar-refractivity contribution in [1.29, 1.82) is 0 Å². The van der Waals surface area contributed by atoms with E-state index in [2.05, 4.69) is 31.0 Å². The maximum atomic E-state index is 12.6. The first-order chi connectivity index (χ1) is 9.58. The van der Waals surface area contributed by atoms with Gasteiger partial charge in [0, 0.05) is 23.3 Å². The molecule has 0 radical (unpaired) electrons. The maximum Gasteiger partial charge on any atom is 0.244 e. The van der Waals surface area contributed by atoms with Crippen LogP contribution in [0.3, 0.4) is 0 Å². The number of aromatic nitrogens is 1. The fourth-order valence-corrected chi connectivity index (χ4v) is 3.57. The zero-order valence-corrected chi connectivity index (χ0v) is 15.6. The molecule has 7 heteroatoms. The van der Waals surface area contributed by atoms with Crippen molar-refractivity contribution in [2.24, 2.45) is 5.41 Å². The van der Waals surface area contributed by atoms with E-state index in [9.17, 15) is 8.42 Å². The SMILES string of the molecule is CCCNc1ncc(Br)cc1S(=O)(=O)NC(C)C(C)(C)C. The Labute approximate surface area is 136 Å². The van der Waals surface area contributed by atoms with Crippen molar-refractivity contribution in [2.75, 3.05) is 11.9 Å². The number of rotatable bonds is 6. The van der Waals surface area contributed by atoms with Gasteiger partial charge in [-0.15, -0.1) is 0 Å². The Hall–Kier alpha value is -0.660. The fraction of sp³-hybridized carbons (Fsp3) is 0.643. The molecular formula is C14H24BrN3O2S. The molecule has 0 aromatic carbocycles. The summed E-state index contributed by atoms with van der Waals surface area (Å²) in [5.41, 5.74) is -0.163. The number of nitrogens with zero attached hydrogens (tertiary/aromatic N) is 1. The van der Waals surface area contributed by atoms with Crippen molar-refractivity contribution in [1.82, 2.24) is 9.71 Å². The molecule has 0 aliphatic carbocycles. The lowest BCUT2D eigenvalue weighted by molar-refractivity contribution is 0.317. The van der Waals surface area contributed by atoms with Crippen molar-refractivity contribution in [2.45, 2.75) is 52.0 Å². The Morgan fingerprint density at radius 1 is 1.38 bits per heavy atom. The van der Waals surface area contributed by atoms with E-state index >= 15 is 0 Å². The van der Waals surface area contributed by atoms with Gasteiger partial charge in [-0.1, -0.05) is 27.7 Å². The molecule has 0 saturated carbocycles. The van der Waals surface area contributed by atoms with Crippen molar-refractivity contribution < 1.29 is 8.42 Å². The molecule has 0 aliphatic heterocycles. The molecule has 0 saturated heterocycles. The van der Waals surface area contributed by atoms with Crippen molar-refractivity contribution in [3.8, 4) is 0 Å². The summed E-state index contributed by atoms with van der Waals surface area (Å²) in [6, 6.07) is 1.38. The molecule has 1 aromatic heterocycles. The van der Waals surface area contributed by atoms with Gasteiger partial charge in [-0.2, -0.15) is 0 Å². The van der Waals surface area contributed by atoms with Gasteiger partial charge in [-0.25, -0.2) is 18.1 Å². The third-order valence-corrected chi connectivity index (χ3v) is 5.27.